The zero-order valence-electron chi connectivity index (χ0n) is 17.7. The Bertz CT molecular complexity index is 835. The molecular weight excluding hydrogens is 380 g/mol. The van der Waals surface area contributed by atoms with Crippen LogP contribution in [0.15, 0.2) is 40.8 Å². The SMILES string of the molecule is CCCCCC(O)c1ccc(C2CC(=O)C[C@@H]2CCCc2ccc(C(=O)O)o2)cc1. The third-order valence-corrected chi connectivity index (χ3v) is 6.21. The highest BCUT2D eigenvalue weighted by molar-refractivity contribution is 5.84. The molecule has 1 aliphatic carbocycles. The lowest BCUT2D eigenvalue weighted by molar-refractivity contribution is -0.117. The van der Waals surface area contributed by atoms with E-state index in [0.29, 0.717) is 36.7 Å². The van der Waals surface area contributed by atoms with Crippen molar-refractivity contribution in [2.24, 2.45) is 5.92 Å². The first-order valence-corrected chi connectivity index (χ1v) is 11.1. The molecule has 0 spiro atoms. The van der Waals surface area contributed by atoms with Gasteiger partial charge < -0.3 is 14.6 Å². The largest absolute Gasteiger partial charge is 0.475 e. The maximum Gasteiger partial charge on any atom is 0.371 e. The fraction of sp³-hybridized carbons (Fsp3) is 0.520. The van der Waals surface area contributed by atoms with Gasteiger partial charge in [-0.1, -0.05) is 50.5 Å². The third kappa shape index (κ3) is 5.82. The van der Waals surface area contributed by atoms with Crippen LogP contribution in [0.1, 0.15) is 97.8 Å². The van der Waals surface area contributed by atoms with Gasteiger partial charge in [0.2, 0.25) is 5.76 Å². The van der Waals surface area contributed by atoms with Crippen LogP contribution >= 0.6 is 0 Å². The Labute approximate surface area is 178 Å². The van der Waals surface area contributed by atoms with Crippen LogP contribution < -0.4 is 0 Å². The van der Waals surface area contributed by atoms with Crippen LogP contribution in [-0.2, 0) is 11.2 Å². The topological polar surface area (TPSA) is 87.7 Å². The van der Waals surface area contributed by atoms with Crippen LogP contribution in [0.3, 0.4) is 0 Å². The summed E-state index contributed by atoms with van der Waals surface area (Å²) in [6, 6.07) is 11.3. The monoisotopic (exact) mass is 412 g/mol. The minimum absolute atomic E-state index is 0.0316. The van der Waals surface area contributed by atoms with E-state index in [-0.39, 0.29) is 11.7 Å². The quantitative estimate of drug-likeness (QED) is 0.464. The van der Waals surface area contributed by atoms with Crippen molar-refractivity contribution in [3.05, 3.63) is 59.0 Å². The second kappa shape index (κ2) is 10.6. The standard InChI is InChI=1S/C25H32O5/c1-2-3-4-8-23(27)18-11-9-17(10-12-18)22-16-20(26)15-19(22)6-5-7-21-13-14-24(30-21)25(28)29/h9-14,19,22-23,27H,2-8,15-16H2,1H3,(H,28,29)/t19-,22?,23?/m0/s1. The molecule has 2 unspecified atom stereocenters. The Hall–Kier alpha value is -2.40. The third-order valence-electron chi connectivity index (χ3n) is 6.21. The predicted octanol–water partition coefficient (Wildman–Crippen LogP) is 5.68. The van der Waals surface area contributed by atoms with Crippen molar-refractivity contribution in [2.75, 3.05) is 0 Å². The van der Waals surface area contributed by atoms with Crippen molar-refractivity contribution in [2.45, 2.75) is 76.7 Å². The number of unbranched alkanes of at least 4 members (excludes halogenated alkanes) is 2. The van der Waals surface area contributed by atoms with Gasteiger partial charge >= 0.3 is 5.97 Å². The van der Waals surface area contributed by atoms with Crippen molar-refractivity contribution in [3.8, 4) is 0 Å². The lowest BCUT2D eigenvalue weighted by Gasteiger charge is -2.20. The molecule has 2 N–H and O–H groups in total. The number of ketones is 1. The van der Waals surface area contributed by atoms with Gasteiger partial charge in [-0.2, -0.15) is 0 Å². The minimum Gasteiger partial charge on any atom is -0.475 e. The van der Waals surface area contributed by atoms with Crippen LogP contribution in [0.4, 0.5) is 0 Å². The molecule has 0 bridgehead atoms. The van der Waals surface area contributed by atoms with E-state index < -0.39 is 12.1 Å². The first-order chi connectivity index (χ1) is 14.5. The van der Waals surface area contributed by atoms with Gasteiger partial charge in [-0.15, -0.1) is 0 Å². The molecule has 3 atom stereocenters. The second-order valence-corrected chi connectivity index (χ2v) is 8.46. The molecule has 1 saturated carbocycles. The Morgan fingerprint density at radius 3 is 2.53 bits per heavy atom. The van der Waals surface area contributed by atoms with Gasteiger partial charge in [0.15, 0.2) is 0 Å². The molecule has 30 heavy (non-hydrogen) atoms. The number of aliphatic hydroxyl groups excluding tert-OH is 1. The van der Waals surface area contributed by atoms with Crippen molar-refractivity contribution >= 4 is 11.8 Å². The molecule has 0 amide bonds. The number of aryl methyl sites for hydroxylation is 1. The van der Waals surface area contributed by atoms with E-state index in [1.54, 1.807) is 6.07 Å². The Kier molecular flexibility index (Phi) is 7.86. The van der Waals surface area contributed by atoms with Crippen LogP contribution in [0.25, 0.3) is 0 Å². The Balaban J connectivity index is 1.55. The maximum atomic E-state index is 12.1. The highest BCUT2D eigenvalue weighted by Crippen LogP contribution is 2.41. The first-order valence-electron chi connectivity index (χ1n) is 11.1. The van der Waals surface area contributed by atoms with Gasteiger partial charge in [0.05, 0.1) is 6.10 Å². The second-order valence-electron chi connectivity index (χ2n) is 8.46. The van der Waals surface area contributed by atoms with E-state index in [2.05, 4.69) is 19.1 Å². The summed E-state index contributed by atoms with van der Waals surface area (Å²) in [5.74, 6) is 0.411. The molecule has 1 aromatic heterocycles. The van der Waals surface area contributed by atoms with Gasteiger partial charge in [-0.3, -0.25) is 4.79 Å². The molecule has 1 fully saturated rings. The van der Waals surface area contributed by atoms with Crippen LogP contribution in [0.5, 0.6) is 0 Å². The summed E-state index contributed by atoms with van der Waals surface area (Å²) >= 11 is 0. The van der Waals surface area contributed by atoms with Gasteiger partial charge in [-0.25, -0.2) is 4.79 Å². The predicted molar refractivity (Wildman–Crippen MR) is 115 cm³/mol. The number of benzene rings is 1. The molecule has 0 aliphatic heterocycles. The molecule has 1 heterocycles. The molecule has 0 saturated heterocycles. The zero-order valence-corrected chi connectivity index (χ0v) is 17.7. The molecule has 2 aromatic rings. The fourth-order valence-corrected chi connectivity index (χ4v) is 4.51. The summed E-state index contributed by atoms with van der Waals surface area (Å²) in [4.78, 5) is 23.1. The lowest BCUT2D eigenvalue weighted by Crippen LogP contribution is -2.07. The fourth-order valence-electron chi connectivity index (χ4n) is 4.51. The van der Waals surface area contributed by atoms with E-state index in [9.17, 15) is 14.7 Å². The van der Waals surface area contributed by atoms with Crippen LogP contribution in [-0.4, -0.2) is 22.0 Å². The number of aromatic carboxylic acids is 1. The van der Waals surface area contributed by atoms with Crippen molar-refractivity contribution in [1.82, 2.24) is 0 Å². The van der Waals surface area contributed by atoms with E-state index in [1.165, 1.54) is 11.6 Å². The summed E-state index contributed by atoms with van der Waals surface area (Å²) in [5.41, 5.74) is 2.12. The number of aliphatic hydroxyl groups is 1. The highest BCUT2D eigenvalue weighted by atomic mass is 16.4. The number of rotatable bonds is 11. The lowest BCUT2D eigenvalue weighted by atomic mass is 9.85. The number of Topliss-reactive ketones (excluding diaryl/α,β-unsaturated/α-hetero) is 1. The van der Waals surface area contributed by atoms with Crippen molar-refractivity contribution < 1.29 is 24.2 Å². The zero-order chi connectivity index (χ0) is 21.5. The van der Waals surface area contributed by atoms with E-state index >= 15 is 0 Å². The molecular formula is C25H32O5. The minimum atomic E-state index is -1.05. The van der Waals surface area contributed by atoms with E-state index in [1.807, 2.05) is 12.1 Å². The smallest absolute Gasteiger partial charge is 0.371 e. The number of carboxylic acids is 1. The van der Waals surface area contributed by atoms with Crippen molar-refractivity contribution in [3.63, 3.8) is 0 Å². The molecule has 3 rings (SSSR count). The molecule has 0 radical (unpaired) electrons. The number of hydrogen-bond donors (Lipinski definition) is 2. The number of carboxylic acid groups (broad SMARTS) is 1. The molecule has 1 aromatic carbocycles. The van der Waals surface area contributed by atoms with Gasteiger partial charge in [0.25, 0.3) is 0 Å². The van der Waals surface area contributed by atoms with Crippen molar-refractivity contribution in [1.29, 1.82) is 0 Å². The average molecular weight is 413 g/mol. The van der Waals surface area contributed by atoms with Gasteiger partial charge in [0.1, 0.15) is 11.5 Å². The van der Waals surface area contributed by atoms with Crippen LogP contribution in [0.2, 0.25) is 0 Å². The maximum absolute atomic E-state index is 12.1. The Morgan fingerprint density at radius 1 is 1.10 bits per heavy atom. The molecule has 162 valence electrons. The normalized spacial score (nSPS) is 19.9. The summed E-state index contributed by atoms with van der Waals surface area (Å²) in [6.45, 7) is 2.16. The summed E-state index contributed by atoms with van der Waals surface area (Å²) < 4.78 is 5.32. The number of hydrogen-bond acceptors (Lipinski definition) is 4. The number of furan rings is 1. The number of carbonyl (C=O) groups is 2. The number of carbonyl (C=O) groups excluding carboxylic acids is 1. The van der Waals surface area contributed by atoms with Gasteiger partial charge in [-0.05, 0) is 54.4 Å². The van der Waals surface area contributed by atoms with Gasteiger partial charge in [0, 0.05) is 19.3 Å². The van der Waals surface area contributed by atoms with Crippen LogP contribution in [0, 0.1) is 5.92 Å². The summed E-state index contributed by atoms with van der Waals surface area (Å²) in [7, 11) is 0. The first kappa shape index (κ1) is 22.3. The summed E-state index contributed by atoms with van der Waals surface area (Å²) in [5, 5.41) is 19.3. The van der Waals surface area contributed by atoms with E-state index in [0.717, 1.165) is 44.1 Å². The molecule has 5 nitrogen and oxygen atoms in total. The molecule has 5 heteroatoms. The molecule has 1 aliphatic rings. The highest BCUT2D eigenvalue weighted by Gasteiger charge is 2.33. The van der Waals surface area contributed by atoms with E-state index in [4.69, 9.17) is 9.52 Å². The summed E-state index contributed by atoms with van der Waals surface area (Å²) in [6.07, 6.45) is 7.29. The average Bonchev–Trinajstić information content (AvgIpc) is 3.35. The Morgan fingerprint density at radius 2 is 1.87 bits per heavy atom.